The normalized spacial score (nSPS) is 28.4. The highest BCUT2D eigenvalue weighted by atomic mass is 16.2. The van der Waals surface area contributed by atoms with Gasteiger partial charge in [-0.1, -0.05) is 18.6 Å². The van der Waals surface area contributed by atoms with Crippen LogP contribution in [0.4, 0.5) is 5.69 Å². The van der Waals surface area contributed by atoms with E-state index in [4.69, 9.17) is 5.73 Å². The van der Waals surface area contributed by atoms with Crippen LogP contribution < -0.4 is 11.1 Å². The fraction of sp³-hybridized carbons (Fsp3) is 0.611. The van der Waals surface area contributed by atoms with E-state index in [0.717, 1.165) is 30.8 Å². The first-order valence-electron chi connectivity index (χ1n) is 8.38. The minimum atomic E-state index is 0.0842. The molecule has 2 fully saturated rings. The van der Waals surface area contributed by atoms with Gasteiger partial charge in [0, 0.05) is 24.8 Å². The highest BCUT2D eigenvalue weighted by Crippen LogP contribution is 2.35. The van der Waals surface area contributed by atoms with Gasteiger partial charge in [-0.2, -0.15) is 0 Å². The third kappa shape index (κ3) is 3.18. The monoisotopic (exact) mass is 301 g/mol. The first-order chi connectivity index (χ1) is 10.5. The zero-order valence-electron chi connectivity index (χ0n) is 13.6. The van der Waals surface area contributed by atoms with Crippen molar-refractivity contribution in [2.75, 3.05) is 25.0 Å². The number of rotatable bonds is 3. The van der Waals surface area contributed by atoms with E-state index in [1.165, 1.54) is 18.4 Å². The molecule has 1 heterocycles. The molecule has 3 atom stereocenters. The standard InChI is InChI=1S/C18H27N3O/c1-12-5-3-8-17(13(12)2)20-18(22)11-21-9-14-6-4-7-16(19)15(14)10-21/h3,5,8,14-16H,4,6-7,9-11,19H2,1-2H3,(H,20,22). The predicted molar refractivity (Wildman–Crippen MR) is 89.8 cm³/mol. The van der Waals surface area contributed by atoms with Crippen molar-refractivity contribution >= 4 is 11.6 Å². The van der Waals surface area contributed by atoms with Gasteiger partial charge in [0.2, 0.25) is 5.91 Å². The van der Waals surface area contributed by atoms with Crippen molar-refractivity contribution in [2.24, 2.45) is 17.6 Å². The van der Waals surface area contributed by atoms with E-state index in [9.17, 15) is 4.79 Å². The molecule has 4 nitrogen and oxygen atoms in total. The maximum atomic E-state index is 12.3. The Morgan fingerprint density at radius 3 is 2.91 bits per heavy atom. The molecule has 3 N–H and O–H groups in total. The van der Waals surface area contributed by atoms with Gasteiger partial charge in [-0.3, -0.25) is 9.69 Å². The summed E-state index contributed by atoms with van der Waals surface area (Å²) < 4.78 is 0. The molecule has 0 bridgehead atoms. The molecule has 3 rings (SSSR count). The number of fused-ring (bicyclic) bond motifs is 1. The number of carbonyl (C=O) groups excluding carboxylic acids is 1. The SMILES string of the molecule is Cc1cccc(NC(=O)CN2CC3CCCC(N)C3C2)c1C. The lowest BCUT2D eigenvalue weighted by Crippen LogP contribution is -2.38. The molecule has 22 heavy (non-hydrogen) atoms. The zero-order chi connectivity index (χ0) is 15.7. The third-order valence-electron chi connectivity index (χ3n) is 5.48. The van der Waals surface area contributed by atoms with Crippen LogP contribution in [0.2, 0.25) is 0 Å². The Balaban J connectivity index is 1.57. The molecular formula is C18H27N3O. The van der Waals surface area contributed by atoms with Gasteiger partial charge < -0.3 is 11.1 Å². The summed E-state index contributed by atoms with van der Waals surface area (Å²) in [5.41, 5.74) is 9.53. The minimum Gasteiger partial charge on any atom is -0.327 e. The number of nitrogens with one attached hydrogen (secondary N) is 1. The molecule has 1 aromatic carbocycles. The second kappa shape index (κ2) is 6.39. The third-order valence-corrected chi connectivity index (χ3v) is 5.48. The van der Waals surface area contributed by atoms with Gasteiger partial charge in [0.15, 0.2) is 0 Å². The summed E-state index contributed by atoms with van der Waals surface area (Å²) >= 11 is 0. The molecule has 1 aliphatic carbocycles. The Labute approximate surface area is 133 Å². The number of aryl methyl sites for hydroxylation is 1. The summed E-state index contributed by atoms with van der Waals surface area (Å²) in [7, 11) is 0. The lowest BCUT2D eigenvalue weighted by atomic mass is 9.78. The maximum absolute atomic E-state index is 12.3. The van der Waals surface area contributed by atoms with Gasteiger partial charge in [0.25, 0.3) is 0 Å². The summed E-state index contributed by atoms with van der Waals surface area (Å²) in [5.74, 6) is 1.36. The summed E-state index contributed by atoms with van der Waals surface area (Å²) in [6.45, 7) is 6.60. The van der Waals surface area contributed by atoms with E-state index < -0.39 is 0 Å². The zero-order valence-corrected chi connectivity index (χ0v) is 13.6. The molecule has 2 aliphatic rings. The van der Waals surface area contributed by atoms with Crippen molar-refractivity contribution in [3.05, 3.63) is 29.3 Å². The van der Waals surface area contributed by atoms with Crippen LogP contribution in [0.15, 0.2) is 18.2 Å². The molecule has 0 radical (unpaired) electrons. The highest BCUT2D eigenvalue weighted by Gasteiger charge is 2.38. The van der Waals surface area contributed by atoms with Gasteiger partial charge in [-0.05, 0) is 55.7 Å². The van der Waals surface area contributed by atoms with E-state index in [-0.39, 0.29) is 5.91 Å². The number of nitrogens with two attached hydrogens (primary N) is 1. The fourth-order valence-corrected chi connectivity index (χ4v) is 4.02. The van der Waals surface area contributed by atoms with Crippen molar-refractivity contribution in [2.45, 2.75) is 39.2 Å². The molecule has 1 saturated carbocycles. The summed E-state index contributed by atoms with van der Waals surface area (Å²) in [6, 6.07) is 6.35. The van der Waals surface area contributed by atoms with E-state index >= 15 is 0 Å². The average molecular weight is 301 g/mol. The Bertz CT molecular complexity index is 557. The number of hydrogen-bond acceptors (Lipinski definition) is 3. The molecule has 1 saturated heterocycles. The second-order valence-corrected chi connectivity index (χ2v) is 7.01. The van der Waals surface area contributed by atoms with E-state index in [1.807, 2.05) is 19.1 Å². The van der Waals surface area contributed by atoms with E-state index in [1.54, 1.807) is 0 Å². The van der Waals surface area contributed by atoms with E-state index in [0.29, 0.717) is 24.4 Å². The van der Waals surface area contributed by atoms with E-state index in [2.05, 4.69) is 23.2 Å². The van der Waals surface area contributed by atoms with Crippen molar-refractivity contribution < 1.29 is 4.79 Å². The number of carbonyl (C=O) groups is 1. The Kier molecular flexibility index (Phi) is 4.50. The molecule has 1 amide bonds. The molecule has 0 spiro atoms. The van der Waals surface area contributed by atoms with Crippen LogP contribution in [0.25, 0.3) is 0 Å². The smallest absolute Gasteiger partial charge is 0.238 e. The topological polar surface area (TPSA) is 58.4 Å². The Morgan fingerprint density at radius 1 is 1.32 bits per heavy atom. The van der Waals surface area contributed by atoms with Crippen LogP contribution in [-0.2, 0) is 4.79 Å². The molecule has 1 aliphatic heterocycles. The van der Waals surface area contributed by atoms with Gasteiger partial charge in [0.1, 0.15) is 0 Å². The molecule has 0 aromatic heterocycles. The first kappa shape index (κ1) is 15.5. The van der Waals surface area contributed by atoms with Crippen LogP contribution >= 0.6 is 0 Å². The predicted octanol–water partition coefficient (Wildman–Crippen LogP) is 2.30. The Morgan fingerprint density at radius 2 is 2.14 bits per heavy atom. The second-order valence-electron chi connectivity index (χ2n) is 7.01. The van der Waals surface area contributed by atoms with Gasteiger partial charge >= 0.3 is 0 Å². The lowest BCUT2D eigenvalue weighted by molar-refractivity contribution is -0.117. The largest absolute Gasteiger partial charge is 0.327 e. The number of hydrogen-bond donors (Lipinski definition) is 2. The van der Waals surface area contributed by atoms with Crippen LogP contribution in [-0.4, -0.2) is 36.5 Å². The van der Waals surface area contributed by atoms with Crippen LogP contribution in [0.5, 0.6) is 0 Å². The summed E-state index contributed by atoms with van der Waals surface area (Å²) in [5, 5.41) is 3.06. The van der Waals surface area contributed by atoms with Crippen LogP contribution in [0.3, 0.4) is 0 Å². The summed E-state index contributed by atoms with van der Waals surface area (Å²) in [6.07, 6.45) is 3.65. The number of likely N-dealkylation sites (tertiary alicyclic amines) is 1. The first-order valence-corrected chi connectivity index (χ1v) is 8.38. The molecule has 4 heteroatoms. The number of nitrogens with zero attached hydrogens (tertiary/aromatic N) is 1. The number of anilines is 1. The maximum Gasteiger partial charge on any atom is 0.238 e. The number of benzene rings is 1. The minimum absolute atomic E-state index is 0.0842. The highest BCUT2D eigenvalue weighted by molar-refractivity contribution is 5.93. The Hall–Kier alpha value is -1.39. The van der Waals surface area contributed by atoms with Crippen molar-refractivity contribution in [3.63, 3.8) is 0 Å². The molecule has 1 aromatic rings. The van der Waals surface area contributed by atoms with Crippen LogP contribution in [0.1, 0.15) is 30.4 Å². The number of amides is 1. The summed E-state index contributed by atoms with van der Waals surface area (Å²) in [4.78, 5) is 14.6. The average Bonchev–Trinajstić information content (AvgIpc) is 2.88. The van der Waals surface area contributed by atoms with Gasteiger partial charge in [-0.15, -0.1) is 0 Å². The van der Waals surface area contributed by atoms with Gasteiger partial charge in [-0.25, -0.2) is 0 Å². The van der Waals surface area contributed by atoms with Crippen molar-refractivity contribution in [1.82, 2.24) is 4.90 Å². The van der Waals surface area contributed by atoms with Crippen molar-refractivity contribution in [3.8, 4) is 0 Å². The molecule has 120 valence electrons. The van der Waals surface area contributed by atoms with Crippen molar-refractivity contribution in [1.29, 1.82) is 0 Å². The molecule has 3 unspecified atom stereocenters. The van der Waals surface area contributed by atoms with Crippen LogP contribution in [0, 0.1) is 25.7 Å². The lowest BCUT2D eigenvalue weighted by Gasteiger charge is -2.29. The quantitative estimate of drug-likeness (QED) is 0.900. The van der Waals surface area contributed by atoms with Gasteiger partial charge in [0.05, 0.1) is 6.54 Å². The fourth-order valence-electron chi connectivity index (χ4n) is 4.02. The molecular weight excluding hydrogens is 274 g/mol.